The van der Waals surface area contributed by atoms with E-state index in [9.17, 15) is 9.59 Å². The highest BCUT2D eigenvalue weighted by atomic mass is 79.9. The Bertz CT molecular complexity index is 561. The SMILES string of the molecule is CC(C)(C)OC(=O)NCCOCCOCCNC(=O)c1ccc(Br)nc1. The van der Waals surface area contributed by atoms with Gasteiger partial charge in [0, 0.05) is 19.3 Å². The van der Waals surface area contributed by atoms with Crippen molar-refractivity contribution in [1.82, 2.24) is 15.6 Å². The van der Waals surface area contributed by atoms with Crippen molar-refractivity contribution in [3.8, 4) is 0 Å². The van der Waals surface area contributed by atoms with Crippen LogP contribution in [0.5, 0.6) is 0 Å². The number of pyridine rings is 1. The molecule has 9 heteroatoms. The highest BCUT2D eigenvalue weighted by molar-refractivity contribution is 9.10. The zero-order valence-electron chi connectivity index (χ0n) is 15.3. The maximum atomic E-state index is 11.8. The summed E-state index contributed by atoms with van der Waals surface area (Å²) in [6, 6.07) is 3.40. The summed E-state index contributed by atoms with van der Waals surface area (Å²) in [6.07, 6.45) is 1.04. The number of nitrogens with zero attached hydrogens (tertiary/aromatic N) is 1. The lowest BCUT2D eigenvalue weighted by Gasteiger charge is -2.19. The Morgan fingerprint density at radius 1 is 1.04 bits per heavy atom. The monoisotopic (exact) mass is 431 g/mol. The first-order chi connectivity index (χ1) is 12.3. The van der Waals surface area contributed by atoms with Gasteiger partial charge in [0.1, 0.15) is 10.2 Å². The van der Waals surface area contributed by atoms with Gasteiger partial charge in [-0.1, -0.05) is 0 Å². The number of carbonyl (C=O) groups excluding carboxylic acids is 2. The number of rotatable bonds is 10. The number of nitrogens with one attached hydrogen (secondary N) is 2. The fraction of sp³-hybridized carbons (Fsp3) is 0.588. The molecule has 1 aromatic heterocycles. The third-order valence-corrected chi connectivity index (χ3v) is 3.28. The topological polar surface area (TPSA) is 98.8 Å². The summed E-state index contributed by atoms with van der Waals surface area (Å²) in [6.45, 7) is 7.74. The molecule has 1 rings (SSSR count). The highest BCUT2D eigenvalue weighted by Gasteiger charge is 2.15. The first kappa shape index (κ1) is 22.3. The molecule has 0 saturated heterocycles. The van der Waals surface area contributed by atoms with E-state index in [4.69, 9.17) is 14.2 Å². The lowest BCUT2D eigenvalue weighted by atomic mass is 10.2. The van der Waals surface area contributed by atoms with E-state index >= 15 is 0 Å². The number of amides is 2. The highest BCUT2D eigenvalue weighted by Crippen LogP contribution is 2.06. The molecule has 0 saturated carbocycles. The van der Waals surface area contributed by atoms with Gasteiger partial charge in [-0.05, 0) is 48.8 Å². The second-order valence-electron chi connectivity index (χ2n) is 6.28. The average molecular weight is 432 g/mol. The molecule has 2 N–H and O–H groups in total. The van der Waals surface area contributed by atoms with E-state index in [2.05, 4.69) is 31.5 Å². The van der Waals surface area contributed by atoms with Crippen LogP contribution in [0.3, 0.4) is 0 Å². The number of ether oxygens (including phenoxy) is 3. The summed E-state index contributed by atoms with van der Waals surface area (Å²) in [5.41, 5.74) is -0.0174. The first-order valence-corrected chi connectivity index (χ1v) is 9.09. The maximum Gasteiger partial charge on any atom is 0.407 e. The molecule has 2 amide bonds. The summed E-state index contributed by atoms with van der Waals surface area (Å²) >= 11 is 3.21. The van der Waals surface area contributed by atoms with Crippen LogP contribution in [0.4, 0.5) is 4.79 Å². The number of carbonyl (C=O) groups is 2. The van der Waals surface area contributed by atoms with E-state index in [0.717, 1.165) is 0 Å². The lowest BCUT2D eigenvalue weighted by molar-refractivity contribution is 0.0400. The van der Waals surface area contributed by atoms with Crippen molar-refractivity contribution in [1.29, 1.82) is 0 Å². The predicted octanol–water partition coefficient (Wildman–Crippen LogP) is 2.13. The Hall–Kier alpha value is -1.71. The summed E-state index contributed by atoms with van der Waals surface area (Å²) in [4.78, 5) is 27.2. The molecule has 0 radical (unpaired) electrons. The molecule has 0 atom stereocenters. The van der Waals surface area contributed by atoms with Crippen LogP contribution in [0.25, 0.3) is 0 Å². The summed E-state index contributed by atoms with van der Waals surface area (Å²) in [7, 11) is 0. The third kappa shape index (κ3) is 11.0. The van der Waals surface area contributed by atoms with Crippen molar-refractivity contribution in [3.05, 3.63) is 28.5 Å². The Balaban J connectivity index is 1.94. The van der Waals surface area contributed by atoms with Crippen LogP contribution in [0.15, 0.2) is 22.9 Å². The second kappa shape index (κ2) is 11.8. The van der Waals surface area contributed by atoms with Crippen molar-refractivity contribution in [2.75, 3.05) is 39.5 Å². The number of hydrogen-bond acceptors (Lipinski definition) is 6. The molecule has 0 unspecified atom stereocenters. The Morgan fingerprint density at radius 3 is 2.19 bits per heavy atom. The molecule has 0 fully saturated rings. The van der Waals surface area contributed by atoms with E-state index in [1.54, 1.807) is 32.9 Å². The van der Waals surface area contributed by atoms with Gasteiger partial charge in [0.25, 0.3) is 5.91 Å². The zero-order chi connectivity index (χ0) is 19.4. The quantitative estimate of drug-likeness (QED) is 0.434. The molecule has 1 heterocycles. The van der Waals surface area contributed by atoms with Crippen LogP contribution in [0.2, 0.25) is 0 Å². The number of alkyl carbamates (subject to hydrolysis) is 1. The summed E-state index contributed by atoms with van der Waals surface area (Å²) < 4.78 is 16.5. The molecule has 0 aliphatic carbocycles. The smallest absolute Gasteiger partial charge is 0.407 e. The molecule has 0 spiro atoms. The third-order valence-electron chi connectivity index (χ3n) is 2.81. The minimum atomic E-state index is -0.512. The van der Waals surface area contributed by atoms with Gasteiger partial charge in [-0.15, -0.1) is 0 Å². The van der Waals surface area contributed by atoms with Crippen LogP contribution < -0.4 is 10.6 Å². The minimum absolute atomic E-state index is 0.196. The van der Waals surface area contributed by atoms with Crippen LogP contribution in [0, 0.1) is 0 Å². The Kier molecular flexibility index (Phi) is 10.2. The van der Waals surface area contributed by atoms with Gasteiger partial charge < -0.3 is 24.8 Å². The summed E-state index contributed by atoms with van der Waals surface area (Å²) in [5.74, 6) is -0.196. The van der Waals surface area contributed by atoms with Crippen molar-refractivity contribution < 1.29 is 23.8 Å². The number of aromatic nitrogens is 1. The average Bonchev–Trinajstić information content (AvgIpc) is 2.55. The normalized spacial score (nSPS) is 11.1. The van der Waals surface area contributed by atoms with Crippen LogP contribution in [-0.4, -0.2) is 62.1 Å². The predicted molar refractivity (Wildman–Crippen MR) is 100 cm³/mol. The van der Waals surface area contributed by atoms with Gasteiger partial charge >= 0.3 is 6.09 Å². The molecular weight excluding hydrogens is 406 g/mol. The summed E-state index contributed by atoms with van der Waals surface area (Å²) in [5, 5.41) is 5.34. The van der Waals surface area contributed by atoms with Gasteiger partial charge in [-0.2, -0.15) is 0 Å². The van der Waals surface area contributed by atoms with Crippen molar-refractivity contribution in [2.24, 2.45) is 0 Å². The van der Waals surface area contributed by atoms with E-state index in [1.807, 2.05) is 0 Å². The molecule has 146 valence electrons. The van der Waals surface area contributed by atoms with E-state index in [0.29, 0.717) is 49.7 Å². The largest absolute Gasteiger partial charge is 0.444 e. The van der Waals surface area contributed by atoms with Gasteiger partial charge in [0.15, 0.2) is 0 Å². The first-order valence-electron chi connectivity index (χ1n) is 8.30. The number of hydrogen-bond donors (Lipinski definition) is 2. The van der Waals surface area contributed by atoms with Crippen LogP contribution >= 0.6 is 15.9 Å². The van der Waals surface area contributed by atoms with Gasteiger partial charge in [-0.3, -0.25) is 4.79 Å². The molecule has 0 aromatic carbocycles. The second-order valence-corrected chi connectivity index (χ2v) is 7.09. The minimum Gasteiger partial charge on any atom is -0.444 e. The molecule has 0 bridgehead atoms. The molecule has 0 aliphatic rings. The van der Waals surface area contributed by atoms with Gasteiger partial charge in [0.2, 0.25) is 0 Å². The van der Waals surface area contributed by atoms with E-state index in [1.165, 1.54) is 6.20 Å². The van der Waals surface area contributed by atoms with Gasteiger partial charge in [-0.25, -0.2) is 9.78 Å². The van der Waals surface area contributed by atoms with Crippen molar-refractivity contribution in [3.63, 3.8) is 0 Å². The molecule has 0 aliphatic heterocycles. The molecule has 1 aromatic rings. The van der Waals surface area contributed by atoms with Crippen LogP contribution in [-0.2, 0) is 14.2 Å². The number of halogens is 1. The fourth-order valence-electron chi connectivity index (χ4n) is 1.71. The molecule has 8 nitrogen and oxygen atoms in total. The standard InChI is InChI=1S/C17H26BrN3O5/c1-17(2,3)26-16(23)20-7-9-25-11-10-24-8-6-19-15(22)13-4-5-14(18)21-12-13/h4-5,12H,6-11H2,1-3H3,(H,19,22)(H,20,23). The molecule has 26 heavy (non-hydrogen) atoms. The fourth-order valence-corrected chi connectivity index (χ4v) is 1.94. The molecular formula is C17H26BrN3O5. The Labute approximate surface area is 162 Å². The van der Waals surface area contributed by atoms with Crippen LogP contribution in [0.1, 0.15) is 31.1 Å². The van der Waals surface area contributed by atoms with E-state index < -0.39 is 11.7 Å². The van der Waals surface area contributed by atoms with Gasteiger partial charge in [0.05, 0.1) is 32.0 Å². The lowest BCUT2D eigenvalue weighted by Crippen LogP contribution is -2.34. The Morgan fingerprint density at radius 2 is 1.65 bits per heavy atom. The van der Waals surface area contributed by atoms with E-state index in [-0.39, 0.29) is 5.91 Å². The maximum absolute atomic E-state index is 11.8. The van der Waals surface area contributed by atoms with Crippen molar-refractivity contribution in [2.45, 2.75) is 26.4 Å². The zero-order valence-corrected chi connectivity index (χ0v) is 16.9. The van der Waals surface area contributed by atoms with Crippen molar-refractivity contribution >= 4 is 27.9 Å².